The highest BCUT2D eigenvalue weighted by Gasteiger charge is 2.25. The Labute approximate surface area is 64.2 Å². The first kappa shape index (κ1) is 6.23. The van der Waals surface area contributed by atoms with Crippen molar-refractivity contribution in [2.75, 3.05) is 5.75 Å². The Morgan fingerprint density at radius 2 is 2.50 bits per heavy atom. The van der Waals surface area contributed by atoms with E-state index in [1.807, 2.05) is 11.5 Å². The van der Waals surface area contributed by atoms with Crippen molar-refractivity contribution in [1.29, 1.82) is 0 Å². The molecule has 2 heteroatoms. The van der Waals surface area contributed by atoms with Crippen molar-refractivity contribution in [3.05, 3.63) is 23.1 Å². The fourth-order valence-electron chi connectivity index (χ4n) is 1.33. The molecule has 0 amide bonds. The molecule has 0 aromatic carbocycles. The topological polar surface area (TPSA) is 17.1 Å². The number of rotatable bonds is 0. The molecule has 0 N–H and O–H groups in total. The number of carbonyl (C=O) groups is 1. The quantitative estimate of drug-likeness (QED) is 0.526. The van der Waals surface area contributed by atoms with E-state index in [2.05, 4.69) is 0 Å². The van der Waals surface area contributed by atoms with E-state index >= 15 is 0 Å². The van der Waals surface area contributed by atoms with Crippen LogP contribution in [0.1, 0.15) is 6.42 Å². The van der Waals surface area contributed by atoms with Gasteiger partial charge in [0, 0.05) is 17.2 Å². The summed E-state index contributed by atoms with van der Waals surface area (Å²) in [7, 11) is 0. The maximum atomic E-state index is 11.1. The van der Waals surface area contributed by atoms with E-state index in [1.165, 1.54) is 0 Å². The molecule has 0 spiro atoms. The summed E-state index contributed by atoms with van der Waals surface area (Å²) in [6, 6.07) is 0. The second kappa shape index (κ2) is 2.27. The van der Waals surface area contributed by atoms with Gasteiger partial charge in [-0.15, -0.1) is 11.8 Å². The first-order chi connectivity index (χ1) is 4.88. The molecule has 1 aliphatic heterocycles. The summed E-state index contributed by atoms with van der Waals surface area (Å²) in [6.45, 7) is 0. The van der Waals surface area contributed by atoms with E-state index in [0.717, 1.165) is 17.7 Å². The van der Waals surface area contributed by atoms with Crippen LogP contribution in [0.4, 0.5) is 0 Å². The minimum Gasteiger partial charge on any atom is -0.290 e. The molecule has 1 heterocycles. The fraction of sp³-hybridized carbons (Fsp3) is 0.375. The molecule has 1 atom stereocenters. The van der Waals surface area contributed by atoms with Gasteiger partial charge in [-0.05, 0) is 17.9 Å². The summed E-state index contributed by atoms with van der Waals surface area (Å²) in [5, 5.41) is 2.01. The van der Waals surface area contributed by atoms with Crippen LogP contribution in [0.5, 0.6) is 0 Å². The highest BCUT2D eigenvalue weighted by atomic mass is 32.2. The van der Waals surface area contributed by atoms with Gasteiger partial charge in [0.05, 0.1) is 0 Å². The second-order valence-electron chi connectivity index (χ2n) is 2.61. The normalized spacial score (nSPS) is 30.2. The molecule has 1 unspecified atom stereocenters. The van der Waals surface area contributed by atoms with E-state index in [-0.39, 0.29) is 5.78 Å². The average Bonchev–Trinajstić information content (AvgIpc) is 2.36. The Morgan fingerprint density at radius 3 is 3.30 bits per heavy atom. The lowest BCUT2D eigenvalue weighted by Crippen LogP contribution is -2.12. The highest BCUT2D eigenvalue weighted by Crippen LogP contribution is 2.33. The van der Waals surface area contributed by atoms with E-state index in [9.17, 15) is 4.79 Å². The van der Waals surface area contributed by atoms with Gasteiger partial charge in [-0.1, -0.05) is 6.08 Å². The van der Waals surface area contributed by atoms with E-state index < -0.39 is 0 Å². The molecule has 0 aromatic heterocycles. The smallest absolute Gasteiger partial charge is 0.182 e. The van der Waals surface area contributed by atoms with Gasteiger partial charge < -0.3 is 0 Å². The van der Waals surface area contributed by atoms with Gasteiger partial charge in [0.2, 0.25) is 0 Å². The van der Waals surface area contributed by atoms with Crippen molar-refractivity contribution in [1.82, 2.24) is 0 Å². The van der Waals surface area contributed by atoms with Crippen LogP contribution < -0.4 is 0 Å². The summed E-state index contributed by atoms with van der Waals surface area (Å²) in [6.07, 6.45) is 4.73. The molecular formula is C8H8OS. The molecule has 0 radical (unpaired) electrons. The van der Waals surface area contributed by atoms with Crippen LogP contribution in [-0.2, 0) is 4.79 Å². The first-order valence-electron chi connectivity index (χ1n) is 3.40. The van der Waals surface area contributed by atoms with Crippen molar-refractivity contribution in [2.45, 2.75) is 6.42 Å². The average molecular weight is 152 g/mol. The summed E-state index contributed by atoms with van der Waals surface area (Å²) in [5.41, 5.74) is 1.03. The molecule has 0 saturated carbocycles. The molecule has 1 aliphatic carbocycles. The number of hydrogen-bond acceptors (Lipinski definition) is 2. The largest absolute Gasteiger partial charge is 0.290 e. The summed E-state index contributed by atoms with van der Waals surface area (Å²) >= 11 is 1.76. The number of carbonyl (C=O) groups excluding carboxylic acids is 1. The van der Waals surface area contributed by atoms with Crippen LogP contribution in [0.15, 0.2) is 23.1 Å². The van der Waals surface area contributed by atoms with Crippen LogP contribution >= 0.6 is 11.8 Å². The zero-order valence-corrected chi connectivity index (χ0v) is 6.36. The molecule has 0 bridgehead atoms. The standard InChI is InChI=1S/C8H8OS/c9-8-3-1-2-6-4-10-5-7(6)8/h1,3,5-6H,2,4H2. The maximum Gasteiger partial charge on any atom is 0.182 e. The van der Waals surface area contributed by atoms with Crippen LogP contribution in [0.3, 0.4) is 0 Å². The molecule has 10 heavy (non-hydrogen) atoms. The van der Waals surface area contributed by atoms with E-state index in [0.29, 0.717) is 5.92 Å². The molecular weight excluding hydrogens is 144 g/mol. The minimum atomic E-state index is 0.223. The number of hydrogen-bond donors (Lipinski definition) is 0. The Balaban J connectivity index is 2.34. The molecule has 0 aromatic rings. The summed E-state index contributed by atoms with van der Waals surface area (Å²) in [4.78, 5) is 11.1. The van der Waals surface area contributed by atoms with Crippen LogP contribution in [0.25, 0.3) is 0 Å². The number of allylic oxidation sites excluding steroid dienone is 3. The van der Waals surface area contributed by atoms with Gasteiger partial charge in [0.25, 0.3) is 0 Å². The molecule has 0 saturated heterocycles. The summed E-state index contributed by atoms with van der Waals surface area (Å²) < 4.78 is 0. The summed E-state index contributed by atoms with van der Waals surface area (Å²) in [5.74, 6) is 1.86. The number of fused-ring (bicyclic) bond motifs is 1. The van der Waals surface area contributed by atoms with Crippen molar-refractivity contribution >= 4 is 17.5 Å². The third kappa shape index (κ3) is 0.833. The predicted octanol–water partition coefficient (Wildman–Crippen LogP) is 1.76. The fourth-order valence-corrected chi connectivity index (χ4v) is 2.46. The predicted molar refractivity (Wildman–Crippen MR) is 42.8 cm³/mol. The van der Waals surface area contributed by atoms with Crippen molar-refractivity contribution in [3.8, 4) is 0 Å². The van der Waals surface area contributed by atoms with Crippen molar-refractivity contribution in [3.63, 3.8) is 0 Å². The van der Waals surface area contributed by atoms with Crippen LogP contribution in [-0.4, -0.2) is 11.5 Å². The van der Waals surface area contributed by atoms with Gasteiger partial charge >= 0.3 is 0 Å². The Hall–Kier alpha value is -0.500. The van der Waals surface area contributed by atoms with Gasteiger partial charge in [-0.3, -0.25) is 4.79 Å². The monoisotopic (exact) mass is 152 g/mol. The lowest BCUT2D eigenvalue weighted by Gasteiger charge is -2.12. The zero-order chi connectivity index (χ0) is 6.97. The number of thioether (sulfide) groups is 1. The SMILES string of the molecule is O=C1C=CCC2CSC=C12. The molecule has 1 nitrogen and oxygen atoms in total. The lowest BCUT2D eigenvalue weighted by atomic mass is 9.91. The third-order valence-corrected chi connectivity index (χ3v) is 2.94. The molecule has 2 rings (SSSR count). The van der Waals surface area contributed by atoms with Gasteiger partial charge in [-0.2, -0.15) is 0 Å². The third-order valence-electron chi connectivity index (χ3n) is 1.92. The minimum absolute atomic E-state index is 0.223. The Kier molecular flexibility index (Phi) is 1.42. The van der Waals surface area contributed by atoms with Crippen molar-refractivity contribution in [2.24, 2.45) is 5.92 Å². The maximum absolute atomic E-state index is 11.1. The van der Waals surface area contributed by atoms with Crippen molar-refractivity contribution < 1.29 is 4.79 Å². The first-order valence-corrected chi connectivity index (χ1v) is 4.45. The molecule has 0 fully saturated rings. The second-order valence-corrected chi connectivity index (χ2v) is 3.51. The molecule has 2 aliphatic rings. The zero-order valence-electron chi connectivity index (χ0n) is 5.54. The highest BCUT2D eigenvalue weighted by molar-refractivity contribution is 8.02. The number of ketones is 1. The van der Waals surface area contributed by atoms with Crippen LogP contribution in [0, 0.1) is 5.92 Å². The molecule has 52 valence electrons. The van der Waals surface area contributed by atoms with E-state index in [4.69, 9.17) is 0 Å². The van der Waals surface area contributed by atoms with E-state index in [1.54, 1.807) is 17.8 Å². The van der Waals surface area contributed by atoms with Gasteiger partial charge in [0.1, 0.15) is 0 Å². The van der Waals surface area contributed by atoms with Gasteiger partial charge in [-0.25, -0.2) is 0 Å². The van der Waals surface area contributed by atoms with Crippen LogP contribution in [0.2, 0.25) is 0 Å². The Bertz CT molecular complexity index is 227. The van der Waals surface area contributed by atoms with Gasteiger partial charge in [0.15, 0.2) is 5.78 Å². The lowest BCUT2D eigenvalue weighted by molar-refractivity contribution is -0.111. The Morgan fingerprint density at radius 1 is 1.60 bits per heavy atom.